The maximum Gasteiger partial charge on any atom is 0.282 e. The number of hydrogen-bond acceptors (Lipinski definition) is 3. The highest BCUT2D eigenvalue weighted by atomic mass is 16.2. The van der Waals surface area contributed by atoms with Gasteiger partial charge in [-0.05, 0) is 55.4 Å². The molecule has 4 heteroatoms. The van der Waals surface area contributed by atoms with E-state index in [0.717, 1.165) is 50.8 Å². The van der Waals surface area contributed by atoms with Crippen molar-refractivity contribution in [1.82, 2.24) is 4.90 Å². The van der Waals surface area contributed by atoms with Crippen LogP contribution >= 0.6 is 0 Å². The van der Waals surface area contributed by atoms with Crippen molar-refractivity contribution in [2.24, 2.45) is 0 Å². The Morgan fingerprint density at radius 1 is 0.828 bits per heavy atom. The van der Waals surface area contributed by atoms with E-state index in [4.69, 9.17) is 0 Å². The number of imide groups is 1. The molecule has 4 rings (SSSR count). The Kier molecular flexibility index (Phi) is 5.79. The van der Waals surface area contributed by atoms with Gasteiger partial charge in [0.1, 0.15) is 5.70 Å². The lowest BCUT2D eigenvalue weighted by molar-refractivity contribution is -0.120. The van der Waals surface area contributed by atoms with Crippen LogP contribution in [0.1, 0.15) is 50.2 Å². The highest BCUT2D eigenvalue weighted by Crippen LogP contribution is 2.35. The van der Waals surface area contributed by atoms with E-state index in [2.05, 4.69) is 11.8 Å². The molecule has 0 spiro atoms. The molecule has 0 bridgehead atoms. The SMILES string of the molecule is CCCCc1ccc(N2C(=O)C(c3ccccc3)=C(N3CCCCC3)C2=O)cc1. The molecule has 1 saturated heterocycles. The highest BCUT2D eigenvalue weighted by molar-refractivity contribution is 6.45. The van der Waals surface area contributed by atoms with Crippen LogP contribution in [0.5, 0.6) is 0 Å². The van der Waals surface area contributed by atoms with E-state index in [1.54, 1.807) is 0 Å². The fourth-order valence-corrected chi connectivity index (χ4v) is 4.22. The van der Waals surface area contributed by atoms with Crippen molar-refractivity contribution in [3.8, 4) is 0 Å². The molecule has 0 aliphatic carbocycles. The molecular weight excluding hydrogens is 360 g/mol. The lowest BCUT2D eigenvalue weighted by Crippen LogP contribution is -2.37. The lowest BCUT2D eigenvalue weighted by atomic mass is 10.0. The molecular formula is C25H28N2O2. The molecule has 29 heavy (non-hydrogen) atoms. The first kappa shape index (κ1) is 19.4. The van der Waals surface area contributed by atoms with E-state index in [-0.39, 0.29) is 11.8 Å². The van der Waals surface area contributed by atoms with Gasteiger partial charge in [-0.3, -0.25) is 9.59 Å². The number of carbonyl (C=O) groups is 2. The summed E-state index contributed by atoms with van der Waals surface area (Å²) in [6.07, 6.45) is 6.59. The first-order valence-electron chi connectivity index (χ1n) is 10.7. The number of likely N-dealkylation sites (tertiary alicyclic amines) is 1. The molecule has 0 aromatic heterocycles. The molecule has 150 valence electrons. The Morgan fingerprint density at radius 3 is 2.17 bits per heavy atom. The van der Waals surface area contributed by atoms with Crippen molar-refractivity contribution in [3.63, 3.8) is 0 Å². The van der Waals surface area contributed by atoms with Crippen molar-refractivity contribution in [1.29, 1.82) is 0 Å². The number of nitrogens with zero attached hydrogens (tertiary/aromatic N) is 2. The topological polar surface area (TPSA) is 40.6 Å². The van der Waals surface area contributed by atoms with Crippen molar-refractivity contribution < 1.29 is 9.59 Å². The summed E-state index contributed by atoms with van der Waals surface area (Å²) in [4.78, 5) is 30.4. The van der Waals surface area contributed by atoms with E-state index in [0.29, 0.717) is 17.0 Å². The molecule has 0 N–H and O–H groups in total. The molecule has 0 unspecified atom stereocenters. The minimum Gasteiger partial charge on any atom is -0.366 e. The molecule has 2 amide bonds. The summed E-state index contributed by atoms with van der Waals surface area (Å²) >= 11 is 0. The number of piperidine rings is 1. The summed E-state index contributed by atoms with van der Waals surface area (Å²) in [6, 6.07) is 17.5. The van der Waals surface area contributed by atoms with Gasteiger partial charge in [0.15, 0.2) is 0 Å². The standard InChI is InChI=1S/C25H28N2O2/c1-2-3-10-19-13-15-21(16-14-19)27-24(28)22(20-11-6-4-7-12-20)23(25(27)29)26-17-8-5-9-18-26/h4,6-7,11-16H,2-3,5,8-10,17-18H2,1H3. The van der Waals surface area contributed by atoms with E-state index in [9.17, 15) is 9.59 Å². The Labute approximate surface area is 172 Å². The Balaban J connectivity index is 1.70. The number of amides is 2. The summed E-state index contributed by atoms with van der Waals surface area (Å²) < 4.78 is 0. The lowest BCUT2D eigenvalue weighted by Gasteiger charge is -2.29. The molecule has 0 saturated carbocycles. The van der Waals surface area contributed by atoms with E-state index >= 15 is 0 Å². The second-order valence-corrected chi connectivity index (χ2v) is 7.85. The number of aryl methyl sites for hydroxylation is 1. The van der Waals surface area contributed by atoms with Gasteiger partial charge >= 0.3 is 0 Å². The zero-order chi connectivity index (χ0) is 20.2. The van der Waals surface area contributed by atoms with Crippen molar-refractivity contribution in [2.75, 3.05) is 18.0 Å². The first-order valence-corrected chi connectivity index (χ1v) is 10.7. The van der Waals surface area contributed by atoms with Crippen LogP contribution < -0.4 is 4.90 Å². The van der Waals surface area contributed by atoms with Crippen LogP contribution in [0.2, 0.25) is 0 Å². The van der Waals surface area contributed by atoms with Gasteiger partial charge in [-0.15, -0.1) is 0 Å². The molecule has 0 atom stereocenters. The largest absolute Gasteiger partial charge is 0.366 e. The van der Waals surface area contributed by atoms with Crippen LogP contribution in [0.3, 0.4) is 0 Å². The van der Waals surface area contributed by atoms with Gasteiger partial charge in [0.2, 0.25) is 0 Å². The van der Waals surface area contributed by atoms with E-state index < -0.39 is 0 Å². The van der Waals surface area contributed by atoms with Crippen molar-refractivity contribution >= 4 is 23.1 Å². The maximum absolute atomic E-state index is 13.5. The summed E-state index contributed by atoms with van der Waals surface area (Å²) in [5.74, 6) is -0.417. The molecule has 1 fully saturated rings. The van der Waals surface area contributed by atoms with Crippen LogP contribution in [0, 0.1) is 0 Å². The molecule has 4 nitrogen and oxygen atoms in total. The van der Waals surface area contributed by atoms with Crippen LogP contribution in [-0.2, 0) is 16.0 Å². The predicted octanol–water partition coefficient (Wildman–Crippen LogP) is 4.80. The van der Waals surface area contributed by atoms with Gasteiger partial charge in [0.25, 0.3) is 11.8 Å². The number of anilines is 1. The third-order valence-corrected chi connectivity index (χ3v) is 5.81. The zero-order valence-corrected chi connectivity index (χ0v) is 17.1. The minimum absolute atomic E-state index is 0.197. The number of rotatable bonds is 6. The van der Waals surface area contributed by atoms with Crippen molar-refractivity contribution in [2.45, 2.75) is 45.4 Å². The average Bonchev–Trinajstić information content (AvgIpc) is 3.04. The Hall–Kier alpha value is -2.88. The average molecular weight is 389 g/mol. The van der Waals surface area contributed by atoms with Crippen LogP contribution in [-0.4, -0.2) is 29.8 Å². The van der Waals surface area contributed by atoms with Crippen LogP contribution in [0.4, 0.5) is 5.69 Å². The molecule has 2 aromatic carbocycles. The van der Waals surface area contributed by atoms with Crippen LogP contribution in [0.15, 0.2) is 60.3 Å². The fraction of sp³-hybridized carbons (Fsp3) is 0.360. The molecule has 0 radical (unpaired) electrons. The van der Waals surface area contributed by atoms with Gasteiger partial charge in [0.05, 0.1) is 11.3 Å². The summed E-state index contributed by atoms with van der Waals surface area (Å²) in [7, 11) is 0. The van der Waals surface area contributed by atoms with Gasteiger partial charge in [-0.25, -0.2) is 4.90 Å². The molecule has 2 aliphatic rings. The quantitative estimate of drug-likeness (QED) is 0.668. The van der Waals surface area contributed by atoms with E-state index in [1.165, 1.54) is 16.9 Å². The zero-order valence-electron chi connectivity index (χ0n) is 17.1. The smallest absolute Gasteiger partial charge is 0.282 e. The third-order valence-electron chi connectivity index (χ3n) is 5.81. The Bertz CT molecular complexity index is 910. The van der Waals surface area contributed by atoms with Gasteiger partial charge in [0, 0.05) is 13.1 Å². The minimum atomic E-state index is -0.219. The highest BCUT2D eigenvalue weighted by Gasteiger charge is 2.42. The number of benzene rings is 2. The molecule has 2 heterocycles. The monoisotopic (exact) mass is 388 g/mol. The maximum atomic E-state index is 13.5. The summed E-state index contributed by atoms with van der Waals surface area (Å²) in [5.41, 5.74) is 3.81. The first-order chi connectivity index (χ1) is 14.2. The fourth-order valence-electron chi connectivity index (χ4n) is 4.22. The number of unbranched alkanes of at least 4 members (excludes halogenated alkanes) is 1. The predicted molar refractivity (Wildman–Crippen MR) is 116 cm³/mol. The van der Waals surface area contributed by atoms with Gasteiger partial charge in [-0.2, -0.15) is 0 Å². The Morgan fingerprint density at radius 2 is 1.52 bits per heavy atom. The van der Waals surface area contributed by atoms with Crippen LogP contribution in [0.25, 0.3) is 5.57 Å². The molecule has 2 aliphatic heterocycles. The number of hydrogen-bond donors (Lipinski definition) is 0. The molecule has 2 aromatic rings. The normalized spacial score (nSPS) is 17.4. The van der Waals surface area contributed by atoms with Gasteiger partial charge < -0.3 is 4.90 Å². The van der Waals surface area contributed by atoms with Crippen molar-refractivity contribution in [3.05, 3.63) is 71.4 Å². The van der Waals surface area contributed by atoms with E-state index in [1.807, 2.05) is 54.6 Å². The third kappa shape index (κ3) is 3.84. The summed E-state index contributed by atoms with van der Waals surface area (Å²) in [5, 5.41) is 0. The number of carbonyl (C=O) groups excluding carboxylic acids is 2. The van der Waals surface area contributed by atoms with Gasteiger partial charge in [-0.1, -0.05) is 55.8 Å². The summed E-state index contributed by atoms with van der Waals surface area (Å²) in [6.45, 7) is 3.83. The second kappa shape index (κ2) is 8.64. The second-order valence-electron chi connectivity index (χ2n) is 7.85.